The van der Waals surface area contributed by atoms with Crippen LogP contribution in [0.4, 0.5) is 11.4 Å². The van der Waals surface area contributed by atoms with Crippen molar-refractivity contribution in [2.75, 3.05) is 25.3 Å². The predicted octanol–water partition coefficient (Wildman–Crippen LogP) is 3.64. The van der Waals surface area contributed by atoms with Gasteiger partial charge in [0.2, 0.25) is 0 Å². The minimum atomic E-state index is -0.949. The number of nitrogen functional groups attached to an aromatic ring is 1. The van der Waals surface area contributed by atoms with E-state index in [9.17, 15) is 28.8 Å². The number of aldehydes is 2. The van der Waals surface area contributed by atoms with Crippen LogP contribution in [0.2, 0.25) is 0 Å². The molecule has 49 heavy (non-hydrogen) atoms. The van der Waals surface area contributed by atoms with Crippen LogP contribution < -0.4 is 11.1 Å². The number of amides is 1. The molecule has 0 atom stereocenters. The first-order valence-corrected chi connectivity index (χ1v) is 11.7. The number of esters is 2. The molecule has 15 nitrogen and oxygen atoms in total. The average Bonchev–Trinajstić information content (AvgIpc) is 3.04. The van der Waals surface area contributed by atoms with E-state index in [1.54, 1.807) is 6.07 Å². The van der Waals surface area contributed by atoms with Gasteiger partial charge in [0.25, 0.3) is 0 Å². The van der Waals surface area contributed by atoms with Crippen molar-refractivity contribution in [3.05, 3.63) is 94.9 Å². The van der Waals surface area contributed by atoms with Gasteiger partial charge in [-0.2, -0.15) is 0 Å². The number of methoxy groups -OCH3 is 2. The molecule has 1 amide bonds. The van der Waals surface area contributed by atoms with Crippen LogP contribution in [0.5, 0.6) is 0 Å². The van der Waals surface area contributed by atoms with Crippen molar-refractivity contribution in [3.8, 4) is 0 Å². The fourth-order valence-corrected chi connectivity index (χ4v) is 3.07. The average molecular weight is 902 g/mol. The number of aliphatic hydroxyl groups excluding tert-OH is 1. The first-order chi connectivity index (χ1) is 21.1. The van der Waals surface area contributed by atoms with Gasteiger partial charge in [-0.05, 0) is 35.3 Å². The van der Waals surface area contributed by atoms with Crippen LogP contribution in [0.25, 0.3) is 10.9 Å². The van der Waals surface area contributed by atoms with Crippen molar-refractivity contribution in [2.45, 2.75) is 14.9 Å². The van der Waals surface area contributed by atoms with Crippen LogP contribution in [0.15, 0.2) is 60.8 Å². The quantitative estimate of drug-likeness (QED) is 0.0681. The van der Waals surface area contributed by atoms with Crippen molar-refractivity contribution in [1.82, 2.24) is 9.97 Å². The second-order valence-corrected chi connectivity index (χ2v) is 7.73. The molecule has 0 saturated carbocycles. The molecule has 0 bridgehead atoms. The molecule has 0 aliphatic carbocycles. The first-order valence-electron chi connectivity index (χ1n) is 11.7. The maximum absolute atomic E-state index is 11.1. The summed E-state index contributed by atoms with van der Waals surface area (Å²) in [6.45, 7) is 0.500. The SMILES string of the molecule is C.C.COC(=O)c1ccc(C=O)c(N)c1.COC(=O)c1ccc(C=O)c(N[C-]=O)c1.O=C(O)c1ccc2n[c-]ncc2c1.O=[C-]O.[Y].[Y].[Y]. The van der Waals surface area contributed by atoms with Gasteiger partial charge in [0.1, 0.15) is 6.29 Å². The molecular weight excluding hydrogens is 871 g/mol. The molecule has 0 unspecified atom stereocenters. The number of carbonyl (C=O) groups excluding carboxylic acids is 5. The Hall–Kier alpha value is -3.20. The molecule has 1 heterocycles. The zero-order valence-electron chi connectivity index (χ0n) is 24.7. The summed E-state index contributed by atoms with van der Waals surface area (Å²) in [6, 6.07) is 13.3. The van der Waals surface area contributed by atoms with Crippen LogP contribution in [0.3, 0.4) is 0 Å². The number of rotatable bonds is 7. The van der Waals surface area contributed by atoms with E-state index in [0.29, 0.717) is 41.1 Å². The minimum Gasteiger partial charge on any atom is -0.665 e. The third-order valence-corrected chi connectivity index (χ3v) is 5.13. The number of carbonyl (C=O) groups is 5. The standard InChI is InChI=1S/C10H8NO4.C9H5N2O2.C9H9NO3.CHO2.2CH4.3Y/c1-15-10(14)7-2-3-8(5-12)9(4-7)11-6-13;12-9(13)6-1-2-8-7(3-6)4-10-5-11-8;1-13-9(12)6-2-3-7(5-11)8(10)4-6;2-1-3;;;;;/h2-5H,1H3,(H,11,13);1-4H,(H,12,13);2-5H,10H2,1H3;(H,2,3);2*1H4;;;/q2*-1;;-1;;;;;. The maximum atomic E-state index is 11.1. The van der Waals surface area contributed by atoms with Gasteiger partial charge in [0.05, 0.1) is 31.8 Å². The zero-order valence-corrected chi connectivity index (χ0v) is 33.2. The van der Waals surface area contributed by atoms with Gasteiger partial charge in [-0.1, -0.05) is 62.9 Å². The number of nitrogens with one attached hydrogen (secondary N) is 1. The molecule has 3 aromatic carbocycles. The molecule has 0 saturated heterocycles. The first kappa shape index (κ1) is 55.2. The van der Waals surface area contributed by atoms with Crippen LogP contribution in [-0.2, 0) is 117 Å². The third kappa shape index (κ3) is 19.0. The van der Waals surface area contributed by atoms with E-state index < -0.39 is 17.9 Å². The minimum absolute atomic E-state index is 0. The van der Waals surface area contributed by atoms with E-state index in [1.807, 2.05) is 0 Å². The fourth-order valence-electron chi connectivity index (χ4n) is 3.07. The number of carboxylic acid groups (broad SMARTS) is 1. The second kappa shape index (κ2) is 30.8. The van der Waals surface area contributed by atoms with Crippen LogP contribution >= 0.6 is 0 Å². The molecule has 18 heteroatoms. The van der Waals surface area contributed by atoms with E-state index in [4.69, 9.17) is 20.7 Å². The number of nitrogens with two attached hydrogens (primary N) is 1. The molecule has 4 rings (SSSR count). The Balaban J connectivity index is -0.000000181. The van der Waals surface area contributed by atoms with Gasteiger partial charge in [0, 0.05) is 121 Å². The van der Waals surface area contributed by atoms with E-state index in [1.165, 1.54) is 75.4 Å². The number of nitrogens with zero attached hydrogens (tertiary/aromatic N) is 2. The van der Waals surface area contributed by atoms with Gasteiger partial charge in [-0.3, -0.25) is 9.59 Å². The summed E-state index contributed by atoms with van der Waals surface area (Å²) in [4.78, 5) is 79.6. The number of fused-ring (bicyclic) bond motifs is 1. The second-order valence-electron chi connectivity index (χ2n) is 7.73. The molecule has 0 aliphatic heterocycles. The van der Waals surface area contributed by atoms with Crippen LogP contribution in [0, 0.1) is 6.33 Å². The predicted molar refractivity (Wildman–Crippen MR) is 167 cm³/mol. The molecular formula is C31H31N4O11Y3-3. The summed E-state index contributed by atoms with van der Waals surface area (Å²) < 4.78 is 8.97. The van der Waals surface area contributed by atoms with Crippen LogP contribution in [0.1, 0.15) is 66.6 Å². The van der Waals surface area contributed by atoms with Gasteiger partial charge in [-0.15, -0.1) is 6.07 Å². The van der Waals surface area contributed by atoms with Crippen molar-refractivity contribution in [1.29, 1.82) is 0 Å². The Bertz CT molecular complexity index is 1660. The monoisotopic (exact) mass is 902 g/mol. The Kier molecular flexibility index (Phi) is 34.7. The topological polar surface area (TPSA) is 242 Å². The summed E-state index contributed by atoms with van der Waals surface area (Å²) in [6.07, 6.45) is 6.61. The smallest absolute Gasteiger partial charge is 0.337 e. The van der Waals surface area contributed by atoms with E-state index in [-0.39, 0.29) is 141 Å². The Labute approximate surface area is 358 Å². The zero-order chi connectivity index (χ0) is 33.1. The number of hydrogen-bond donors (Lipinski definition) is 4. The summed E-state index contributed by atoms with van der Waals surface area (Å²) in [5.74, 6) is -1.96. The Morgan fingerprint density at radius 1 is 0.837 bits per heavy atom. The number of carboxylic acids is 1. The molecule has 0 fully saturated rings. The number of ether oxygens (including phenoxy) is 2. The number of anilines is 2. The molecule has 5 N–H and O–H groups in total. The van der Waals surface area contributed by atoms with Crippen molar-refractivity contribution in [2.24, 2.45) is 0 Å². The van der Waals surface area contributed by atoms with Gasteiger partial charge >= 0.3 is 17.9 Å². The molecule has 253 valence electrons. The number of benzene rings is 3. The van der Waals surface area contributed by atoms with Crippen molar-refractivity contribution < 1.29 is 151 Å². The molecule has 0 spiro atoms. The Morgan fingerprint density at radius 3 is 1.78 bits per heavy atom. The van der Waals surface area contributed by atoms with Crippen molar-refractivity contribution in [3.63, 3.8) is 0 Å². The molecule has 3 radical (unpaired) electrons. The molecule has 0 aliphatic rings. The summed E-state index contributed by atoms with van der Waals surface area (Å²) >= 11 is 0. The molecule has 1 aromatic heterocycles. The largest absolute Gasteiger partial charge is 0.665 e. The fraction of sp³-hybridized carbons (Fsp3) is 0.129. The van der Waals surface area contributed by atoms with Gasteiger partial charge < -0.3 is 50.3 Å². The van der Waals surface area contributed by atoms with E-state index in [2.05, 4.69) is 31.1 Å². The third-order valence-electron chi connectivity index (χ3n) is 5.13. The maximum Gasteiger partial charge on any atom is 0.337 e. The number of hydrogen-bond acceptors (Lipinski definition) is 12. The van der Waals surface area contributed by atoms with Gasteiger partial charge in [-0.25, -0.2) is 14.4 Å². The summed E-state index contributed by atoms with van der Waals surface area (Å²) in [5.41, 5.74) is 8.15. The summed E-state index contributed by atoms with van der Waals surface area (Å²) in [5, 5.41) is 18.4. The van der Waals surface area contributed by atoms with Gasteiger partial charge in [0.15, 0.2) is 6.29 Å². The number of aromatic carboxylic acids is 1. The summed E-state index contributed by atoms with van der Waals surface area (Å²) in [7, 11) is 2.53. The van der Waals surface area contributed by atoms with E-state index >= 15 is 0 Å². The Morgan fingerprint density at radius 2 is 1.33 bits per heavy atom. The van der Waals surface area contributed by atoms with Crippen molar-refractivity contribution >= 4 is 65.6 Å². The normalized spacial score (nSPS) is 8.20. The van der Waals surface area contributed by atoms with Crippen LogP contribution in [-0.4, -0.2) is 77.8 Å². The number of aromatic nitrogens is 2. The molecule has 4 aromatic rings. The van der Waals surface area contributed by atoms with E-state index in [0.717, 1.165) is 0 Å².